The van der Waals surface area contributed by atoms with Crippen LogP contribution in [0.1, 0.15) is 45.0 Å². The van der Waals surface area contributed by atoms with Crippen LogP contribution in [0, 0.1) is 0 Å². The van der Waals surface area contributed by atoms with Gasteiger partial charge < -0.3 is 19.5 Å². The summed E-state index contributed by atoms with van der Waals surface area (Å²) in [6.07, 6.45) is 1.76. The quantitative estimate of drug-likeness (QED) is 0.155. The Bertz CT molecular complexity index is 1630. The number of hydrogen-bond donors (Lipinski definition) is 1. The molecule has 0 aliphatic carbocycles. The smallest absolute Gasteiger partial charge is 0.338 e. The maximum atomic E-state index is 12.2. The number of halogens is 1. The van der Waals surface area contributed by atoms with Gasteiger partial charge in [-0.25, -0.2) is 4.79 Å². The number of carbonyl (C=O) groups is 1. The first-order valence-corrected chi connectivity index (χ1v) is 15.0. The van der Waals surface area contributed by atoms with Gasteiger partial charge in [0.1, 0.15) is 12.4 Å². The molecule has 1 aliphatic rings. The highest BCUT2D eigenvalue weighted by atomic mass is 35.5. The van der Waals surface area contributed by atoms with E-state index in [9.17, 15) is 4.79 Å². The van der Waals surface area contributed by atoms with Crippen LogP contribution in [0.2, 0.25) is 0 Å². The number of piperidine rings is 1. The molecule has 226 valence electrons. The molecule has 0 spiro atoms. The summed E-state index contributed by atoms with van der Waals surface area (Å²) in [7, 11) is 0. The van der Waals surface area contributed by atoms with Gasteiger partial charge in [0, 0.05) is 24.3 Å². The third kappa shape index (κ3) is 8.06. The van der Waals surface area contributed by atoms with Crippen LogP contribution in [0.4, 0.5) is 0 Å². The third-order valence-electron chi connectivity index (χ3n) is 8.05. The Morgan fingerprint density at radius 3 is 2.27 bits per heavy atom. The molecule has 5 nitrogen and oxygen atoms in total. The van der Waals surface area contributed by atoms with E-state index < -0.39 is 0 Å². The van der Waals surface area contributed by atoms with Crippen molar-refractivity contribution in [3.63, 3.8) is 0 Å². The molecule has 0 aromatic heterocycles. The van der Waals surface area contributed by atoms with Gasteiger partial charge >= 0.3 is 5.97 Å². The van der Waals surface area contributed by atoms with Crippen LogP contribution >= 0.6 is 12.4 Å². The molecule has 0 radical (unpaired) electrons. The lowest BCUT2D eigenvalue weighted by molar-refractivity contribution is 0.0106. The Hall–Kier alpha value is -4.16. The van der Waals surface area contributed by atoms with Gasteiger partial charge in [-0.05, 0) is 64.9 Å². The molecule has 5 aromatic rings. The van der Waals surface area contributed by atoms with E-state index in [1.54, 1.807) is 12.1 Å². The van der Waals surface area contributed by atoms with Crippen LogP contribution in [0.5, 0.6) is 5.75 Å². The van der Waals surface area contributed by atoms with Crippen LogP contribution in [-0.2, 0) is 29.1 Å². The lowest BCUT2D eigenvalue weighted by atomic mass is 9.87. The van der Waals surface area contributed by atoms with E-state index in [1.807, 2.05) is 36.4 Å². The number of fused-ring (bicyclic) bond motifs is 1. The van der Waals surface area contributed by atoms with E-state index in [0.717, 1.165) is 52.7 Å². The number of hydrogen-bond acceptors (Lipinski definition) is 5. The Morgan fingerprint density at radius 2 is 1.48 bits per heavy atom. The SMILES string of the molecule is Cl.O=C(OCCc1ccc(C2CCNCC2OCc2cc(OCc3ccccc3)c3ccccc3c2)cc1)c1ccccc1. The van der Waals surface area contributed by atoms with Crippen molar-refractivity contribution in [1.29, 1.82) is 0 Å². The van der Waals surface area contributed by atoms with Gasteiger partial charge in [0.05, 0.1) is 24.9 Å². The molecule has 2 atom stereocenters. The molecule has 6 heteroatoms. The molecule has 1 saturated heterocycles. The van der Waals surface area contributed by atoms with Gasteiger partial charge in [-0.3, -0.25) is 0 Å². The zero-order valence-electron chi connectivity index (χ0n) is 24.7. The van der Waals surface area contributed by atoms with Gasteiger partial charge in [0.25, 0.3) is 0 Å². The zero-order chi connectivity index (χ0) is 29.3. The summed E-state index contributed by atoms with van der Waals surface area (Å²) in [6.45, 7) is 3.17. The van der Waals surface area contributed by atoms with Crippen LogP contribution < -0.4 is 10.1 Å². The summed E-state index contributed by atoms with van der Waals surface area (Å²) >= 11 is 0. The van der Waals surface area contributed by atoms with E-state index >= 15 is 0 Å². The highest BCUT2D eigenvalue weighted by Gasteiger charge is 2.27. The monoisotopic (exact) mass is 607 g/mol. The van der Waals surface area contributed by atoms with E-state index in [0.29, 0.717) is 37.7 Å². The molecule has 0 saturated carbocycles. The molecule has 1 N–H and O–H groups in total. The average molecular weight is 608 g/mol. The minimum atomic E-state index is -0.284. The van der Waals surface area contributed by atoms with Crippen molar-refractivity contribution in [2.75, 3.05) is 19.7 Å². The zero-order valence-corrected chi connectivity index (χ0v) is 25.5. The largest absolute Gasteiger partial charge is 0.488 e. The Balaban J connectivity index is 0.00000384. The van der Waals surface area contributed by atoms with Gasteiger partial charge in [-0.2, -0.15) is 0 Å². The third-order valence-corrected chi connectivity index (χ3v) is 8.05. The van der Waals surface area contributed by atoms with Crippen LogP contribution in [-0.4, -0.2) is 31.8 Å². The van der Waals surface area contributed by atoms with Crippen LogP contribution in [0.25, 0.3) is 10.8 Å². The highest BCUT2D eigenvalue weighted by Crippen LogP contribution is 2.32. The van der Waals surface area contributed by atoms with Crippen molar-refractivity contribution in [2.24, 2.45) is 0 Å². The number of ether oxygens (including phenoxy) is 3. The number of carbonyl (C=O) groups excluding carboxylic acids is 1. The first-order chi connectivity index (χ1) is 21.2. The number of nitrogens with one attached hydrogen (secondary N) is 1. The first kappa shape index (κ1) is 31.3. The summed E-state index contributed by atoms with van der Waals surface area (Å²) in [6, 6.07) is 40.7. The Morgan fingerprint density at radius 1 is 0.750 bits per heavy atom. The highest BCUT2D eigenvalue weighted by molar-refractivity contribution is 5.89. The minimum absolute atomic E-state index is 0. The number of esters is 1. The summed E-state index contributed by atoms with van der Waals surface area (Å²) < 4.78 is 18.4. The first-order valence-electron chi connectivity index (χ1n) is 15.0. The van der Waals surface area contributed by atoms with Gasteiger partial charge in [0.15, 0.2) is 0 Å². The second-order valence-corrected chi connectivity index (χ2v) is 11.0. The van der Waals surface area contributed by atoms with Gasteiger partial charge in [-0.15, -0.1) is 12.4 Å². The van der Waals surface area contributed by atoms with E-state index in [2.05, 4.69) is 78.1 Å². The van der Waals surface area contributed by atoms with Crippen molar-refractivity contribution in [1.82, 2.24) is 5.32 Å². The van der Waals surface area contributed by atoms with Gasteiger partial charge in [0.2, 0.25) is 0 Å². The molecule has 0 bridgehead atoms. The summed E-state index contributed by atoms with van der Waals surface area (Å²) in [5, 5.41) is 5.77. The molecular weight excluding hydrogens is 570 g/mol. The standard InChI is InChI=1S/C38H37NO4.ClH/c40-38(32-11-5-2-6-12-32)41-22-20-28-15-17-31(18-16-28)35-19-21-39-25-37(35)43-27-30-23-33-13-7-8-14-34(33)36(24-30)42-26-29-9-3-1-4-10-29;/h1-18,23-24,35,37,39H,19-22,25-27H2;1H. The summed E-state index contributed by atoms with van der Waals surface area (Å²) in [4.78, 5) is 12.2. The molecule has 2 unspecified atom stereocenters. The number of benzene rings is 5. The maximum absolute atomic E-state index is 12.2. The molecule has 44 heavy (non-hydrogen) atoms. The normalized spacial score (nSPS) is 16.2. The Kier molecular flexibility index (Phi) is 11.0. The second-order valence-electron chi connectivity index (χ2n) is 11.0. The lowest BCUT2D eigenvalue weighted by Gasteiger charge is -2.32. The van der Waals surface area contributed by atoms with Crippen LogP contribution in [0.15, 0.2) is 121 Å². The second kappa shape index (κ2) is 15.5. The summed E-state index contributed by atoms with van der Waals surface area (Å²) in [5.74, 6) is 0.901. The average Bonchev–Trinajstić information content (AvgIpc) is 3.07. The fraction of sp³-hybridized carbons (Fsp3) is 0.237. The van der Waals surface area contributed by atoms with Gasteiger partial charge in [-0.1, -0.05) is 97.1 Å². The van der Waals surface area contributed by atoms with E-state index in [-0.39, 0.29) is 24.5 Å². The Labute approximate surface area is 265 Å². The molecular formula is C38H38ClNO4. The summed E-state index contributed by atoms with van der Waals surface area (Å²) in [5.41, 5.74) is 5.25. The fourth-order valence-electron chi connectivity index (χ4n) is 5.71. The molecule has 0 amide bonds. The van der Waals surface area contributed by atoms with Crippen molar-refractivity contribution < 1.29 is 19.0 Å². The van der Waals surface area contributed by atoms with E-state index in [1.165, 1.54) is 5.56 Å². The molecule has 1 aliphatic heterocycles. The fourth-order valence-corrected chi connectivity index (χ4v) is 5.71. The lowest BCUT2D eigenvalue weighted by Crippen LogP contribution is -2.40. The van der Waals surface area contributed by atoms with Crippen molar-refractivity contribution in [3.8, 4) is 5.75 Å². The molecule has 6 rings (SSSR count). The van der Waals surface area contributed by atoms with Crippen molar-refractivity contribution in [3.05, 3.63) is 149 Å². The topological polar surface area (TPSA) is 56.8 Å². The number of rotatable bonds is 11. The molecule has 1 heterocycles. The minimum Gasteiger partial charge on any atom is -0.488 e. The molecule has 1 fully saturated rings. The predicted molar refractivity (Wildman–Crippen MR) is 178 cm³/mol. The van der Waals surface area contributed by atoms with Crippen molar-refractivity contribution in [2.45, 2.75) is 38.1 Å². The van der Waals surface area contributed by atoms with Crippen molar-refractivity contribution >= 4 is 29.1 Å². The maximum Gasteiger partial charge on any atom is 0.338 e. The molecule has 5 aromatic carbocycles. The van der Waals surface area contributed by atoms with E-state index in [4.69, 9.17) is 14.2 Å². The predicted octanol–water partition coefficient (Wildman–Crippen LogP) is 7.90. The van der Waals surface area contributed by atoms with Crippen LogP contribution in [0.3, 0.4) is 0 Å².